The Morgan fingerprint density at radius 2 is 2.06 bits per heavy atom. The summed E-state index contributed by atoms with van der Waals surface area (Å²) in [4.78, 5) is 21.5. The average Bonchev–Trinajstić information content (AvgIpc) is 2.26. The van der Waals surface area contributed by atoms with Crippen molar-refractivity contribution in [3.63, 3.8) is 0 Å². The number of aliphatic hydroxyl groups excluding tert-OH is 1. The van der Waals surface area contributed by atoms with Crippen molar-refractivity contribution in [2.45, 2.75) is 19.6 Å². The number of halogens is 2. The van der Waals surface area contributed by atoms with Crippen LogP contribution in [0.15, 0.2) is 12.1 Å². The van der Waals surface area contributed by atoms with Gasteiger partial charge in [0, 0.05) is 11.1 Å². The molecule has 7 heteroatoms. The number of benzene rings is 1. The Bertz CT molecular complexity index is 473. The van der Waals surface area contributed by atoms with Crippen LogP contribution in [-0.2, 0) is 4.79 Å². The molecule has 2 N–H and O–H groups in total. The molecule has 0 bridgehead atoms. The number of rotatable bonds is 5. The van der Waals surface area contributed by atoms with Crippen molar-refractivity contribution in [2.75, 3.05) is 0 Å². The second kappa shape index (κ2) is 5.54. The maximum Gasteiger partial charge on any atom is 0.387 e. The molecule has 0 radical (unpaired) electrons. The van der Waals surface area contributed by atoms with Crippen LogP contribution < -0.4 is 4.74 Å². The molecule has 0 spiro atoms. The fraction of sp³-hybridized carbons (Fsp3) is 0.273. The third-order valence-electron chi connectivity index (χ3n) is 2.26. The molecule has 98 valence electrons. The zero-order chi connectivity index (χ0) is 13.9. The first-order valence-corrected chi connectivity index (χ1v) is 4.82. The van der Waals surface area contributed by atoms with E-state index in [0.29, 0.717) is 6.29 Å². The summed E-state index contributed by atoms with van der Waals surface area (Å²) < 4.78 is 28.2. The summed E-state index contributed by atoms with van der Waals surface area (Å²) in [6, 6.07) is 2.07. The zero-order valence-corrected chi connectivity index (χ0v) is 9.26. The van der Waals surface area contributed by atoms with Gasteiger partial charge in [-0.1, -0.05) is 0 Å². The van der Waals surface area contributed by atoms with Gasteiger partial charge in [-0.3, -0.25) is 4.79 Å². The lowest BCUT2D eigenvalue weighted by atomic mass is 9.98. The quantitative estimate of drug-likeness (QED) is 0.784. The van der Waals surface area contributed by atoms with Gasteiger partial charge in [0.1, 0.15) is 5.75 Å². The summed E-state index contributed by atoms with van der Waals surface area (Å²) in [6.07, 6.45) is -1.63. The van der Waals surface area contributed by atoms with Crippen molar-refractivity contribution in [2.24, 2.45) is 0 Å². The SMILES string of the molecule is Cc1cc(OC(F)F)cc(C(O)C(=O)O)c1C=O. The van der Waals surface area contributed by atoms with E-state index in [1.54, 1.807) is 0 Å². The van der Waals surface area contributed by atoms with Gasteiger partial charge in [-0.2, -0.15) is 8.78 Å². The summed E-state index contributed by atoms with van der Waals surface area (Å²) in [6.45, 7) is -1.67. The van der Waals surface area contributed by atoms with E-state index in [2.05, 4.69) is 4.74 Å². The summed E-state index contributed by atoms with van der Waals surface area (Å²) in [5, 5.41) is 18.1. The van der Waals surface area contributed by atoms with Gasteiger partial charge < -0.3 is 14.9 Å². The summed E-state index contributed by atoms with van der Waals surface area (Å²) in [7, 11) is 0. The zero-order valence-electron chi connectivity index (χ0n) is 9.26. The Hall–Kier alpha value is -2.02. The molecule has 1 atom stereocenters. The predicted molar refractivity (Wildman–Crippen MR) is 55.8 cm³/mol. The van der Waals surface area contributed by atoms with E-state index in [0.717, 1.165) is 12.1 Å². The topological polar surface area (TPSA) is 83.8 Å². The molecule has 18 heavy (non-hydrogen) atoms. The molecule has 1 aromatic rings. The highest BCUT2D eigenvalue weighted by Crippen LogP contribution is 2.27. The molecule has 0 aliphatic heterocycles. The van der Waals surface area contributed by atoms with E-state index in [1.165, 1.54) is 6.92 Å². The maximum atomic E-state index is 12.1. The highest BCUT2D eigenvalue weighted by molar-refractivity contribution is 5.85. The third kappa shape index (κ3) is 3.01. The Morgan fingerprint density at radius 3 is 2.50 bits per heavy atom. The second-order valence-corrected chi connectivity index (χ2v) is 3.48. The largest absolute Gasteiger partial charge is 0.479 e. The monoisotopic (exact) mass is 260 g/mol. The molecule has 0 saturated heterocycles. The fourth-order valence-corrected chi connectivity index (χ4v) is 1.48. The van der Waals surface area contributed by atoms with Crippen LogP contribution in [0.25, 0.3) is 0 Å². The van der Waals surface area contributed by atoms with Gasteiger partial charge in [-0.05, 0) is 24.6 Å². The normalized spacial score (nSPS) is 12.3. The lowest BCUT2D eigenvalue weighted by molar-refractivity contribution is -0.146. The summed E-state index contributed by atoms with van der Waals surface area (Å²) in [5.41, 5.74) is -0.113. The number of aliphatic carboxylic acids is 1. The van der Waals surface area contributed by atoms with Crippen molar-refractivity contribution < 1.29 is 33.3 Å². The minimum atomic E-state index is -3.08. The first kappa shape index (κ1) is 14.0. The van der Waals surface area contributed by atoms with Crippen molar-refractivity contribution in [1.29, 1.82) is 0 Å². The van der Waals surface area contributed by atoms with Gasteiger partial charge in [0.2, 0.25) is 0 Å². The smallest absolute Gasteiger partial charge is 0.387 e. The number of hydrogen-bond donors (Lipinski definition) is 2. The van der Waals surface area contributed by atoms with E-state index in [1.807, 2.05) is 0 Å². The number of carboxylic acid groups (broad SMARTS) is 1. The summed E-state index contributed by atoms with van der Waals surface area (Å²) in [5.74, 6) is -1.91. The molecule has 0 amide bonds. The Labute approximate surface area is 101 Å². The molecular weight excluding hydrogens is 250 g/mol. The van der Waals surface area contributed by atoms with Crippen LogP contribution in [0.3, 0.4) is 0 Å². The van der Waals surface area contributed by atoms with Gasteiger partial charge >= 0.3 is 12.6 Å². The van der Waals surface area contributed by atoms with Crippen LogP contribution >= 0.6 is 0 Å². The molecule has 0 aromatic heterocycles. The van der Waals surface area contributed by atoms with Crippen LogP contribution in [0.2, 0.25) is 0 Å². The van der Waals surface area contributed by atoms with Crippen LogP contribution in [-0.4, -0.2) is 29.1 Å². The van der Waals surface area contributed by atoms with Crippen LogP contribution in [0, 0.1) is 6.92 Å². The first-order chi connectivity index (χ1) is 8.36. The molecule has 0 fully saturated rings. The lowest BCUT2D eigenvalue weighted by Gasteiger charge is -2.14. The molecule has 0 aliphatic carbocycles. The number of aliphatic hydroxyl groups is 1. The minimum Gasteiger partial charge on any atom is -0.479 e. The van der Waals surface area contributed by atoms with Crippen molar-refractivity contribution >= 4 is 12.3 Å². The van der Waals surface area contributed by atoms with Gasteiger partial charge in [0.15, 0.2) is 12.4 Å². The molecule has 0 saturated carbocycles. The van der Waals surface area contributed by atoms with Crippen LogP contribution in [0.4, 0.5) is 8.78 Å². The van der Waals surface area contributed by atoms with E-state index < -0.39 is 18.7 Å². The Kier molecular flexibility index (Phi) is 4.33. The van der Waals surface area contributed by atoms with Gasteiger partial charge in [0.25, 0.3) is 0 Å². The van der Waals surface area contributed by atoms with Crippen LogP contribution in [0.5, 0.6) is 5.75 Å². The molecule has 0 aliphatic rings. The minimum absolute atomic E-state index is 0.0634. The van der Waals surface area contributed by atoms with Crippen LogP contribution in [0.1, 0.15) is 27.6 Å². The van der Waals surface area contributed by atoms with E-state index >= 15 is 0 Å². The first-order valence-electron chi connectivity index (χ1n) is 4.82. The van der Waals surface area contributed by atoms with E-state index in [9.17, 15) is 23.5 Å². The second-order valence-electron chi connectivity index (χ2n) is 3.48. The van der Waals surface area contributed by atoms with Gasteiger partial charge in [-0.15, -0.1) is 0 Å². The fourth-order valence-electron chi connectivity index (χ4n) is 1.48. The average molecular weight is 260 g/mol. The van der Waals surface area contributed by atoms with Crippen molar-refractivity contribution in [3.8, 4) is 5.75 Å². The molecular formula is C11H10F2O5. The van der Waals surface area contributed by atoms with E-state index in [4.69, 9.17) is 5.11 Å². The van der Waals surface area contributed by atoms with Gasteiger partial charge in [-0.25, -0.2) is 4.79 Å². The van der Waals surface area contributed by atoms with E-state index in [-0.39, 0.29) is 22.4 Å². The molecule has 1 rings (SSSR count). The Morgan fingerprint density at radius 1 is 1.44 bits per heavy atom. The number of ether oxygens (including phenoxy) is 1. The highest BCUT2D eigenvalue weighted by Gasteiger charge is 2.22. The number of alkyl halides is 2. The number of carbonyl (C=O) groups is 2. The molecule has 1 aromatic carbocycles. The standard InChI is InChI=1S/C11H10F2O5/c1-5-2-6(18-11(12)13)3-7(8(5)4-14)9(15)10(16)17/h2-4,9,11,15H,1H3,(H,16,17). The number of aldehydes is 1. The Balaban J connectivity index is 3.31. The number of hydrogen-bond acceptors (Lipinski definition) is 4. The highest BCUT2D eigenvalue weighted by atomic mass is 19.3. The predicted octanol–water partition coefficient (Wildman–Crippen LogP) is 1.53. The summed E-state index contributed by atoms with van der Waals surface area (Å²) >= 11 is 0. The molecule has 5 nitrogen and oxygen atoms in total. The number of carboxylic acids is 1. The maximum absolute atomic E-state index is 12.1. The molecule has 1 unspecified atom stereocenters. The number of carbonyl (C=O) groups excluding carboxylic acids is 1. The molecule has 0 heterocycles. The lowest BCUT2D eigenvalue weighted by Crippen LogP contribution is -2.14. The number of aryl methyl sites for hydroxylation is 1. The van der Waals surface area contributed by atoms with Crippen molar-refractivity contribution in [3.05, 3.63) is 28.8 Å². The van der Waals surface area contributed by atoms with Gasteiger partial charge in [0.05, 0.1) is 0 Å². The van der Waals surface area contributed by atoms with Crippen molar-refractivity contribution in [1.82, 2.24) is 0 Å². The third-order valence-corrected chi connectivity index (χ3v) is 2.26.